The molecule has 4 aromatic heterocycles. The fraction of sp³-hybridized carbons (Fsp3) is 0.409. The molecule has 4 aromatic rings. The van der Waals surface area contributed by atoms with Crippen molar-refractivity contribution in [2.75, 3.05) is 6.61 Å². The van der Waals surface area contributed by atoms with Crippen LogP contribution in [0, 0.1) is 12.8 Å². The van der Waals surface area contributed by atoms with E-state index < -0.39 is 0 Å². The van der Waals surface area contributed by atoms with Gasteiger partial charge in [-0.2, -0.15) is 5.10 Å². The quantitative estimate of drug-likeness (QED) is 0.466. The summed E-state index contributed by atoms with van der Waals surface area (Å²) in [5, 5.41) is 7.23. The van der Waals surface area contributed by atoms with E-state index in [0.717, 1.165) is 34.8 Å². The summed E-state index contributed by atoms with van der Waals surface area (Å²) in [6, 6.07) is 1.93. The van der Waals surface area contributed by atoms with E-state index in [-0.39, 0.29) is 5.56 Å². The third-order valence-electron chi connectivity index (χ3n) is 4.82. The van der Waals surface area contributed by atoms with Crippen LogP contribution in [0.1, 0.15) is 38.6 Å². The molecule has 0 atom stereocenters. The highest BCUT2D eigenvalue weighted by atomic mass is 32.1. The molecule has 0 saturated carbocycles. The van der Waals surface area contributed by atoms with Gasteiger partial charge in [-0.1, -0.05) is 27.2 Å². The number of hydrogen-bond acceptors (Lipinski definition) is 7. The normalized spacial score (nSPS) is 11.5. The van der Waals surface area contributed by atoms with Crippen molar-refractivity contribution in [3.63, 3.8) is 0 Å². The van der Waals surface area contributed by atoms with Crippen molar-refractivity contribution < 1.29 is 4.74 Å². The van der Waals surface area contributed by atoms with Gasteiger partial charge in [-0.05, 0) is 25.3 Å². The molecular formula is C22H26N6O2S. The second-order valence-corrected chi connectivity index (χ2v) is 8.87. The summed E-state index contributed by atoms with van der Waals surface area (Å²) in [7, 11) is 1.84. The van der Waals surface area contributed by atoms with Gasteiger partial charge in [0, 0.05) is 29.9 Å². The van der Waals surface area contributed by atoms with E-state index in [1.165, 1.54) is 0 Å². The van der Waals surface area contributed by atoms with Crippen LogP contribution < -0.4 is 10.3 Å². The van der Waals surface area contributed by atoms with Crippen LogP contribution in [0.3, 0.4) is 0 Å². The molecule has 0 aliphatic carbocycles. The SMILES string of the molecule is CCCc1c2nc(-c3cc(-c4nc(C)cs4)cnc3OCC(C)C)[nH]c(=O)c2nn1C. The van der Waals surface area contributed by atoms with Crippen molar-refractivity contribution in [2.45, 2.75) is 40.5 Å². The lowest BCUT2D eigenvalue weighted by atomic mass is 10.1. The second-order valence-electron chi connectivity index (χ2n) is 8.01. The Labute approximate surface area is 184 Å². The van der Waals surface area contributed by atoms with E-state index in [2.05, 4.69) is 40.8 Å². The van der Waals surface area contributed by atoms with Gasteiger partial charge < -0.3 is 9.72 Å². The van der Waals surface area contributed by atoms with Crippen molar-refractivity contribution in [3.05, 3.63) is 39.4 Å². The monoisotopic (exact) mass is 438 g/mol. The average molecular weight is 439 g/mol. The minimum absolute atomic E-state index is 0.275. The van der Waals surface area contributed by atoms with Gasteiger partial charge in [0.15, 0.2) is 5.52 Å². The molecule has 4 heterocycles. The van der Waals surface area contributed by atoms with Crippen LogP contribution in [-0.2, 0) is 13.5 Å². The molecule has 0 amide bonds. The lowest BCUT2D eigenvalue weighted by Crippen LogP contribution is -2.12. The Bertz CT molecular complexity index is 1290. The first-order valence-electron chi connectivity index (χ1n) is 10.4. The number of aromatic amines is 1. The van der Waals surface area contributed by atoms with Crippen LogP contribution in [0.2, 0.25) is 0 Å². The fourth-order valence-electron chi connectivity index (χ4n) is 3.36. The molecule has 0 aliphatic rings. The van der Waals surface area contributed by atoms with E-state index >= 15 is 0 Å². The van der Waals surface area contributed by atoms with Crippen LogP contribution in [0.4, 0.5) is 0 Å². The summed E-state index contributed by atoms with van der Waals surface area (Å²) in [6.07, 6.45) is 3.47. The molecule has 4 rings (SSSR count). The number of nitrogens with one attached hydrogen (secondary N) is 1. The molecule has 0 spiro atoms. The van der Waals surface area contributed by atoms with Gasteiger partial charge in [0.1, 0.15) is 16.3 Å². The van der Waals surface area contributed by atoms with Gasteiger partial charge in [-0.15, -0.1) is 11.3 Å². The number of hydrogen-bond donors (Lipinski definition) is 1. The molecule has 0 unspecified atom stereocenters. The van der Waals surface area contributed by atoms with Gasteiger partial charge in [-0.25, -0.2) is 15.0 Å². The largest absolute Gasteiger partial charge is 0.477 e. The molecular weight excluding hydrogens is 412 g/mol. The second kappa shape index (κ2) is 8.58. The van der Waals surface area contributed by atoms with Gasteiger partial charge in [-0.3, -0.25) is 9.48 Å². The Hall–Kier alpha value is -3.07. The Morgan fingerprint density at radius 1 is 1.26 bits per heavy atom. The highest BCUT2D eigenvalue weighted by Crippen LogP contribution is 2.32. The lowest BCUT2D eigenvalue weighted by molar-refractivity contribution is 0.262. The van der Waals surface area contributed by atoms with Crippen molar-refractivity contribution in [3.8, 4) is 27.8 Å². The lowest BCUT2D eigenvalue weighted by Gasteiger charge is -2.13. The summed E-state index contributed by atoms with van der Waals surface area (Å²) >= 11 is 1.55. The number of aryl methyl sites for hydroxylation is 3. The minimum atomic E-state index is -0.275. The first kappa shape index (κ1) is 21.2. The number of fused-ring (bicyclic) bond motifs is 1. The fourth-order valence-corrected chi connectivity index (χ4v) is 4.13. The zero-order valence-electron chi connectivity index (χ0n) is 18.4. The minimum Gasteiger partial charge on any atom is -0.477 e. The number of ether oxygens (including phenoxy) is 1. The van der Waals surface area contributed by atoms with Crippen LogP contribution in [-0.4, -0.2) is 36.3 Å². The standard InChI is InChI=1S/C22H26N6O2S/c1-6-7-16-17-18(27-28(16)5)20(29)26-19(25-17)15-8-14(22-24-13(4)11-31-22)9-23-21(15)30-10-12(2)3/h8-9,11-12H,6-7,10H2,1-5H3,(H,25,26,29). The first-order chi connectivity index (χ1) is 14.9. The van der Waals surface area contributed by atoms with E-state index in [4.69, 9.17) is 9.72 Å². The van der Waals surface area contributed by atoms with Gasteiger partial charge in [0.25, 0.3) is 5.56 Å². The van der Waals surface area contributed by atoms with Crippen LogP contribution in [0.15, 0.2) is 22.4 Å². The van der Waals surface area contributed by atoms with Crippen molar-refractivity contribution in [1.82, 2.24) is 29.7 Å². The number of nitrogens with zero attached hydrogens (tertiary/aromatic N) is 5. The zero-order valence-corrected chi connectivity index (χ0v) is 19.2. The highest BCUT2D eigenvalue weighted by molar-refractivity contribution is 7.13. The molecule has 162 valence electrons. The number of pyridine rings is 1. The van der Waals surface area contributed by atoms with Gasteiger partial charge in [0.05, 0.1) is 17.9 Å². The molecule has 1 N–H and O–H groups in total. The van der Waals surface area contributed by atoms with Crippen LogP contribution in [0.25, 0.3) is 33.0 Å². The third-order valence-corrected chi connectivity index (χ3v) is 5.83. The summed E-state index contributed by atoms with van der Waals surface area (Å²) < 4.78 is 7.71. The predicted molar refractivity (Wildman–Crippen MR) is 123 cm³/mol. The summed E-state index contributed by atoms with van der Waals surface area (Å²) in [5.41, 5.74) is 4.07. The number of rotatable bonds is 7. The molecule has 0 fully saturated rings. The Balaban J connectivity index is 1.90. The van der Waals surface area contributed by atoms with E-state index in [1.807, 2.05) is 25.4 Å². The van der Waals surface area contributed by atoms with Gasteiger partial charge in [0.2, 0.25) is 5.88 Å². The maximum Gasteiger partial charge on any atom is 0.279 e. The number of H-pyrrole nitrogens is 1. The first-order valence-corrected chi connectivity index (χ1v) is 11.3. The van der Waals surface area contributed by atoms with Crippen molar-refractivity contribution in [2.24, 2.45) is 13.0 Å². The Kier molecular flexibility index (Phi) is 5.86. The predicted octanol–water partition coefficient (Wildman–Crippen LogP) is 4.14. The summed E-state index contributed by atoms with van der Waals surface area (Å²) in [4.78, 5) is 29.6. The topological polar surface area (TPSA) is 98.6 Å². The van der Waals surface area contributed by atoms with Crippen LogP contribution >= 0.6 is 11.3 Å². The Morgan fingerprint density at radius 2 is 2.06 bits per heavy atom. The van der Waals surface area contributed by atoms with E-state index in [1.54, 1.807) is 22.2 Å². The van der Waals surface area contributed by atoms with Gasteiger partial charge >= 0.3 is 0 Å². The third kappa shape index (κ3) is 4.23. The van der Waals surface area contributed by atoms with E-state index in [9.17, 15) is 4.79 Å². The number of thiazole rings is 1. The molecule has 0 radical (unpaired) electrons. The molecule has 0 saturated heterocycles. The van der Waals surface area contributed by atoms with Crippen molar-refractivity contribution in [1.29, 1.82) is 0 Å². The molecule has 0 aromatic carbocycles. The van der Waals surface area contributed by atoms with E-state index in [0.29, 0.717) is 40.8 Å². The smallest absolute Gasteiger partial charge is 0.279 e. The van der Waals surface area contributed by atoms with Crippen molar-refractivity contribution >= 4 is 22.4 Å². The molecule has 0 aliphatic heterocycles. The number of aromatic nitrogens is 6. The molecule has 8 nitrogen and oxygen atoms in total. The zero-order chi connectivity index (χ0) is 22.1. The highest BCUT2D eigenvalue weighted by Gasteiger charge is 2.19. The molecule has 9 heteroatoms. The molecule has 0 bridgehead atoms. The Morgan fingerprint density at radius 3 is 2.74 bits per heavy atom. The average Bonchev–Trinajstić information content (AvgIpc) is 3.30. The summed E-state index contributed by atoms with van der Waals surface area (Å²) in [6.45, 7) is 8.71. The summed E-state index contributed by atoms with van der Waals surface area (Å²) in [5.74, 6) is 1.19. The maximum atomic E-state index is 12.8. The maximum absolute atomic E-state index is 12.8. The molecule has 31 heavy (non-hydrogen) atoms. The van der Waals surface area contributed by atoms with Crippen LogP contribution in [0.5, 0.6) is 5.88 Å².